The molecule has 11 heteroatoms. The fourth-order valence-corrected chi connectivity index (χ4v) is 5.75. The fraction of sp³-hybridized carbons (Fsp3) is 0.517. The first-order chi connectivity index (χ1) is 19.2. The van der Waals surface area contributed by atoms with Gasteiger partial charge in [0.25, 0.3) is 0 Å². The van der Waals surface area contributed by atoms with Crippen molar-refractivity contribution in [2.45, 2.75) is 77.0 Å². The summed E-state index contributed by atoms with van der Waals surface area (Å²) in [6, 6.07) is 5.16. The summed E-state index contributed by atoms with van der Waals surface area (Å²) in [7, 11) is 0. The van der Waals surface area contributed by atoms with E-state index < -0.39 is 17.6 Å². The third-order valence-electron chi connectivity index (χ3n) is 8.37. The summed E-state index contributed by atoms with van der Waals surface area (Å²) in [5, 5.41) is 22.9. The summed E-state index contributed by atoms with van der Waals surface area (Å²) >= 11 is 0. The minimum atomic E-state index is -2.05. The van der Waals surface area contributed by atoms with Crippen LogP contribution in [0.4, 0.5) is 15.0 Å². The van der Waals surface area contributed by atoms with Gasteiger partial charge in [0.1, 0.15) is 5.52 Å². The predicted molar refractivity (Wildman–Crippen MR) is 150 cm³/mol. The van der Waals surface area contributed by atoms with Gasteiger partial charge in [-0.15, -0.1) is 12.3 Å². The lowest BCUT2D eigenvalue weighted by atomic mass is 9.80. The summed E-state index contributed by atoms with van der Waals surface area (Å²) in [4.78, 5) is 29.2. The molecule has 2 fully saturated rings. The maximum absolute atomic E-state index is 16.8. The van der Waals surface area contributed by atoms with E-state index in [0.717, 1.165) is 38.5 Å². The molecule has 3 aromatic heterocycles. The Kier molecular flexibility index (Phi) is 7.70. The summed E-state index contributed by atoms with van der Waals surface area (Å²) in [6.07, 6.45) is 12.8. The Morgan fingerprint density at radius 1 is 1.25 bits per heavy atom. The number of amidine groups is 1. The lowest BCUT2D eigenvalue weighted by Crippen LogP contribution is -2.33. The third kappa shape index (κ3) is 5.48. The second-order valence-electron chi connectivity index (χ2n) is 11.1. The molecule has 2 atom stereocenters. The Labute approximate surface area is 232 Å². The van der Waals surface area contributed by atoms with Crippen LogP contribution < -0.4 is 10.6 Å². The molecular weight excluding hydrogens is 511 g/mol. The maximum atomic E-state index is 16.8. The van der Waals surface area contributed by atoms with Crippen molar-refractivity contribution in [1.82, 2.24) is 29.8 Å². The summed E-state index contributed by atoms with van der Waals surface area (Å²) in [6.45, 7) is 4.01. The van der Waals surface area contributed by atoms with Crippen molar-refractivity contribution in [3.8, 4) is 12.3 Å². The average molecular weight is 547 g/mol. The van der Waals surface area contributed by atoms with Gasteiger partial charge in [0, 0.05) is 24.7 Å². The molecule has 2 aliphatic carbocycles. The standard InChI is InChI=1S/C29H35FN8O2/c1-4-18-11-13-19(14-12-18)16-38-22-24(33-17(2)20-8-7-9-20)35-26(23(31)34-28(39)40)36-25(22)37-27(38)29(3,30)21-10-5-6-15-32-21/h1,5-6,10,15,17-20H,7-9,11-14,16H2,2-3H3,(H2,31,34)(H,39,40)(H,33,35,36)/t17-,18?,19?,29?/m1/s1. The Hall–Kier alpha value is -4.07. The Balaban J connectivity index is 1.66. The van der Waals surface area contributed by atoms with Crippen molar-refractivity contribution in [1.29, 1.82) is 5.41 Å². The van der Waals surface area contributed by atoms with E-state index in [9.17, 15) is 9.90 Å². The van der Waals surface area contributed by atoms with Crippen molar-refractivity contribution in [3.05, 3.63) is 41.7 Å². The fourth-order valence-electron chi connectivity index (χ4n) is 5.75. The van der Waals surface area contributed by atoms with E-state index in [0.29, 0.717) is 23.8 Å². The van der Waals surface area contributed by atoms with Crippen LogP contribution >= 0.6 is 0 Å². The monoisotopic (exact) mass is 546 g/mol. The third-order valence-corrected chi connectivity index (χ3v) is 8.37. The molecule has 1 unspecified atom stereocenters. The van der Waals surface area contributed by atoms with Crippen molar-refractivity contribution < 1.29 is 14.3 Å². The quantitative estimate of drug-likeness (QED) is 0.175. The van der Waals surface area contributed by atoms with Gasteiger partial charge in [0.05, 0.1) is 5.69 Å². The number of pyridine rings is 1. The van der Waals surface area contributed by atoms with Crippen LogP contribution in [0.3, 0.4) is 0 Å². The van der Waals surface area contributed by atoms with Crippen LogP contribution in [0.5, 0.6) is 0 Å². The number of terminal acetylenes is 1. The van der Waals surface area contributed by atoms with E-state index in [2.05, 4.69) is 38.1 Å². The number of imidazole rings is 1. The lowest BCUT2D eigenvalue weighted by Gasteiger charge is -2.32. The number of aromatic nitrogens is 5. The van der Waals surface area contributed by atoms with Gasteiger partial charge in [0.2, 0.25) is 5.67 Å². The van der Waals surface area contributed by atoms with Crippen LogP contribution in [0.2, 0.25) is 0 Å². The maximum Gasteiger partial charge on any atom is 0.410 e. The Morgan fingerprint density at radius 3 is 2.60 bits per heavy atom. The van der Waals surface area contributed by atoms with Crippen LogP contribution in [-0.4, -0.2) is 47.6 Å². The van der Waals surface area contributed by atoms with Gasteiger partial charge in [0.15, 0.2) is 28.9 Å². The molecule has 2 aliphatic rings. The van der Waals surface area contributed by atoms with Gasteiger partial charge in [-0.1, -0.05) is 12.5 Å². The van der Waals surface area contributed by atoms with Crippen molar-refractivity contribution in [2.24, 2.45) is 17.8 Å². The average Bonchev–Trinajstić information content (AvgIpc) is 3.27. The van der Waals surface area contributed by atoms with Gasteiger partial charge in [-0.25, -0.2) is 24.1 Å². The van der Waals surface area contributed by atoms with E-state index in [1.807, 2.05) is 9.88 Å². The normalized spacial score (nSPS) is 21.6. The highest BCUT2D eigenvalue weighted by molar-refractivity contribution is 6.03. The molecule has 2 saturated carbocycles. The molecule has 0 spiro atoms. The molecule has 1 amide bonds. The molecule has 5 rings (SSSR count). The SMILES string of the molecule is C#CC1CCC(Cn2c(C(C)(F)c3ccccn3)nc3nc(C(=N)NC(=O)O)nc(N[C@H](C)C4CCC4)c32)CC1. The van der Waals surface area contributed by atoms with Gasteiger partial charge in [-0.05, 0) is 76.3 Å². The first kappa shape index (κ1) is 27.5. The van der Waals surface area contributed by atoms with Crippen molar-refractivity contribution in [3.63, 3.8) is 0 Å². The topological polar surface area (TPSA) is 142 Å². The second kappa shape index (κ2) is 11.2. The molecule has 40 heavy (non-hydrogen) atoms. The molecule has 0 radical (unpaired) electrons. The number of halogens is 1. The molecule has 0 bridgehead atoms. The smallest absolute Gasteiger partial charge is 0.410 e. The van der Waals surface area contributed by atoms with Gasteiger partial charge in [-0.3, -0.25) is 15.7 Å². The van der Waals surface area contributed by atoms with E-state index in [1.165, 1.54) is 13.3 Å². The first-order valence-corrected chi connectivity index (χ1v) is 13.9. The molecule has 3 aromatic rings. The number of alkyl halides is 1. The van der Waals surface area contributed by atoms with E-state index in [1.54, 1.807) is 24.4 Å². The number of rotatable bonds is 8. The van der Waals surface area contributed by atoms with Crippen LogP contribution in [0.25, 0.3) is 11.2 Å². The number of nitrogens with one attached hydrogen (secondary N) is 3. The van der Waals surface area contributed by atoms with E-state index in [-0.39, 0.29) is 40.9 Å². The lowest BCUT2D eigenvalue weighted by molar-refractivity contribution is 0.200. The minimum absolute atomic E-state index is 0.0618. The van der Waals surface area contributed by atoms with Crippen LogP contribution in [0, 0.1) is 35.5 Å². The first-order valence-electron chi connectivity index (χ1n) is 13.9. The van der Waals surface area contributed by atoms with Crippen LogP contribution in [-0.2, 0) is 12.2 Å². The molecule has 210 valence electrons. The summed E-state index contributed by atoms with van der Waals surface area (Å²) < 4.78 is 18.6. The molecule has 0 aliphatic heterocycles. The highest BCUT2D eigenvalue weighted by Gasteiger charge is 2.38. The number of hydrogen-bond donors (Lipinski definition) is 4. The molecule has 4 N–H and O–H groups in total. The van der Waals surface area contributed by atoms with E-state index >= 15 is 4.39 Å². The second-order valence-corrected chi connectivity index (χ2v) is 11.1. The molecular formula is C29H35FN8O2. The van der Waals surface area contributed by atoms with Gasteiger partial charge >= 0.3 is 6.09 Å². The zero-order valence-corrected chi connectivity index (χ0v) is 22.8. The number of nitrogens with zero attached hydrogens (tertiary/aromatic N) is 5. The predicted octanol–water partition coefficient (Wildman–Crippen LogP) is 5.09. The molecule has 0 aromatic carbocycles. The molecule has 10 nitrogen and oxygen atoms in total. The highest BCUT2D eigenvalue weighted by atomic mass is 19.1. The number of carbonyl (C=O) groups is 1. The number of fused-ring (bicyclic) bond motifs is 1. The Morgan fingerprint density at radius 2 is 2.00 bits per heavy atom. The zero-order chi connectivity index (χ0) is 28.4. The van der Waals surface area contributed by atoms with Crippen molar-refractivity contribution >= 4 is 28.9 Å². The summed E-state index contributed by atoms with van der Waals surface area (Å²) in [5.74, 6) is 3.77. The van der Waals surface area contributed by atoms with Gasteiger partial charge in [-0.2, -0.15) is 0 Å². The highest BCUT2D eigenvalue weighted by Crippen LogP contribution is 2.38. The number of carboxylic acid groups (broad SMARTS) is 1. The number of amides is 1. The molecule has 3 heterocycles. The largest absolute Gasteiger partial charge is 0.465 e. The summed E-state index contributed by atoms with van der Waals surface area (Å²) in [5.41, 5.74) is -1.11. The minimum Gasteiger partial charge on any atom is -0.465 e. The van der Waals surface area contributed by atoms with Crippen molar-refractivity contribution in [2.75, 3.05) is 5.32 Å². The number of hydrogen-bond acceptors (Lipinski definition) is 7. The zero-order valence-electron chi connectivity index (χ0n) is 22.8. The van der Waals surface area contributed by atoms with Gasteiger partial charge < -0.3 is 15.0 Å². The van der Waals surface area contributed by atoms with Crippen LogP contribution in [0.15, 0.2) is 24.4 Å². The number of anilines is 1. The van der Waals surface area contributed by atoms with E-state index in [4.69, 9.17) is 11.8 Å². The Bertz CT molecular complexity index is 1440. The van der Waals surface area contributed by atoms with Crippen LogP contribution in [0.1, 0.15) is 76.1 Å². The molecule has 0 saturated heterocycles.